The molecule has 1 N–H and O–H groups in total. The van der Waals surface area contributed by atoms with E-state index in [4.69, 9.17) is 16.6 Å². The van der Waals surface area contributed by atoms with Crippen LogP contribution in [0, 0.1) is 6.92 Å². The molecule has 2 aromatic heterocycles. The summed E-state index contributed by atoms with van der Waals surface area (Å²) in [6, 6.07) is 14.9. The maximum Gasteiger partial charge on any atom is 0.252 e. The molecule has 1 amide bonds. The third-order valence-electron chi connectivity index (χ3n) is 5.28. The highest BCUT2D eigenvalue weighted by Gasteiger charge is 2.19. The highest BCUT2D eigenvalue weighted by atomic mass is 79.9. The van der Waals surface area contributed by atoms with Crippen molar-refractivity contribution in [2.45, 2.75) is 33.4 Å². The highest BCUT2D eigenvalue weighted by molar-refractivity contribution is 9.10. The Bertz CT molecular complexity index is 1270. The summed E-state index contributed by atoms with van der Waals surface area (Å²) in [5, 5.41) is 9.07. The number of hydrogen-bond donors (Lipinski definition) is 1. The van der Waals surface area contributed by atoms with Gasteiger partial charge in [0.2, 0.25) is 0 Å². The Morgan fingerprint density at radius 3 is 2.61 bits per heavy atom. The number of nitrogens with zero attached hydrogens (tertiary/aromatic N) is 3. The lowest BCUT2D eigenvalue weighted by Gasteiger charge is -2.15. The van der Waals surface area contributed by atoms with Crippen LogP contribution in [0.4, 0.5) is 0 Å². The molecule has 4 rings (SSSR count). The van der Waals surface area contributed by atoms with Crippen molar-refractivity contribution in [1.29, 1.82) is 0 Å². The van der Waals surface area contributed by atoms with Gasteiger partial charge in [-0.3, -0.25) is 9.48 Å². The zero-order valence-electron chi connectivity index (χ0n) is 17.5. The fourth-order valence-electron chi connectivity index (χ4n) is 3.63. The van der Waals surface area contributed by atoms with Gasteiger partial charge in [-0.05, 0) is 57.2 Å². The molecular formula is C24H22BrClN4O. The normalized spacial score (nSPS) is 12.2. The molecule has 0 fully saturated rings. The third kappa shape index (κ3) is 4.50. The van der Waals surface area contributed by atoms with Gasteiger partial charge in [0, 0.05) is 38.8 Å². The molecule has 0 aliphatic carbocycles. The molecule has 0 spiro atoms. The van der Waals surface area contributed by atoms with Crippen LogP contribution in [0.25, 0.3) is 22.2 Å². The maximum absolute atomic E-state index is 13.4. The summed E-state index contributed by atoms with van der Waals surface area (Å²) in [6.45, 7) is 6.76. The van der Waals surface area contributed by atoms with Gasteiger partial charge in [-0.25, -0.2) is 4.98 Å². The van der Waals surface area contributed by atoms with Gasteiger partial charge in [-0.2, -0.15) is 5.10 Å². The van der Waals surface area contributed by atoms with E-state index in [0.717, 1.165) is 44.4 Å². The molecule has 7 heteroatoms. The van der Waals surface area contributed by atoms with Gasteiger partial charge < -0.3 is 5.32 Å². The van der Waals surface area contributed by atoms with Gasteiger partial charge >= 0.3 is 0 Å². The van der Waals surface area contributed by atoms with Crippen LogP contribution in [-0.4, -0.2) is 20.7 Å². The lowest BCUT2D eigenvalue weighted by molar-refractivity contribution is 0.0941. The summed E-state index contributed by atoms with van der Waals surface area (Å²) in [4.78, 5) is 18.1. The molecule has 4 aromatic rings. The first-order valence-electron chi connectivity index (χ1n) is 10.1. The maximum atomic E-state index is 13.4. The first kappa shape index (κ1) is 21.5. The van der Waals surface area contributed by atoms with Crippen molar-refractivity contribution in [3.05, 3.63) is 81.0 Å². The van der Waals surface area contributed by atoms with Crippen LogP contribution in [0.2, 0.25) is 5.02 Å². The summed E-state index contributed by atoms with van der Waals surface area (Å²) in [5.74, 6) is -0.156. The summed E-state index contributed by atoms with van der Waals surface area (Å²) in [7, 11) is 0. The second kappa shape index (κ2) is 8.81. The van der Waals surface area contributed by atoms with Crippen molar-refractivity contribution >= 4 is 44.3 Å². The number of carbonyl (C=O) groups excluding carboxylic acids is 1. The standard InChI is InChI=1S/C24H22BrClN4O/c1-4-30-13-21(15(3)29-30)14(2)27-24(31)20-12-23(16-5-8-18(26)9-6-16)28-22-10-7-17(25)11-19(20)22/h5-14H,4H2,1-3H3,(H,27,31)/t14-/m1/s1. The van der Waals surface area contributed by atoms with Crippen molar-refractivity contribution in [3.63, 3.8) is 0 Å². The molecule has 0 unspecified atom stereocenters. The summed E-state index contributed by atoms with van der Waals surface area (Å²) < 4.78 is 2.77. The monoisotopic (exact) mass is 496 g/mol. The Kier molecular flexibility index (Phi) is 6.12. The average molecular weight is 498 g/mol. The minimum Gasteiger partial charge on any atom is -0.345 e. The van der Waals surface area contributed by atoms with Crippen LogP contribution in [-0.2, 0) is 6.54 Å². The molecule has 2 heterocycles. The Balaban J connectivity index is 1.75. The minimum absolute atomic E-state index is 0.156. The van der Waals surface area contributed by atoms with Gasteiger partial charge in [-0.15, -0.1) is 0 Å². The Hall–Kier alpha value is -2.70. The summed E-state index contributed by atoms with van der Waals surface area (Å²) in [6.07, 6.45) is 1.99. The molecular weight excluding hydrogens is 476 g/mol. The Morgan fingerprint density at radius 1 is 1.19 bits per heavy atom. The van der Waals surface area contributed by atoms with Gasteiger partial charge in [0.1, 0.15) is 0 Å². The van der Waals surface area contributed by atoms with Gasteiger partial charge in [-0.1, -0.05) is 39.7 Å². The number of aromatic nitrogens is 3. The molecule has 0 saturated heterocycles. The molecule has 1 atom stereocenters. The summed E-state index contributed by atoms with van der Waals surface area (Å²) >= 11 is 9.55. The number of nitrogens with one attached hydrogen (secondary N) is 1. The molecule has 2 aromatic carbocycles. The van der Waals surface area contributed by atoms with Crippen molar-refractivity contribution in [3.8, 4) is 11.3 Å². The first-order chi connectivity index (χ1) is 14.9. The Labute approximate surface area is 194 Å². The zero-order valence-corrected chi connectivity index (χ0v) is 19.8. The van der Waals surface area contributed by atoms with E-state index in [1.807, 2.05) is 80.2 Å². The van der Waals surface area contributed by atoms with E-state index in [0.29, 0.717) is 10.6 Å². The predicted molar refractivity (Wildman–Crippen MR) is 128 cm³/mol. The Morgan fingerprint density at radius 2 is 1.94 bits per heavy atom. The zero-order chi connectivity index (χ0) is 22.1. The fourth-order valence-corrected chi connectivity index (χ4v) is 4.11. The first-order valence-corrected chi connectivity index (χ1v) is 11.2. The molecule has 0 aliphatic heterocycles. The SMILES string of the molecule is CCn1cc([C@@H](C)NC(=O)c2cc(-c3ccc(Cl)cc3)nc3ccc(Br)cc23)c(C)n1. The van der Waals surface area contributed by atoms with Gasteiger partial charge in [0.05, 0.1) is 28.5 Å². The number of amides is 1. The van der Waals surface area contributed by atoms with Crippen molar-refractivity contribution in [2.75, 3.05) is 0 Å². The van der Waals surface area contributed by atoms with Gasteiger partial charge in [0.25, 0.3) is 5.91 Å². The number of fused-ring (bicyclic) bond motifs is 1. The van der Waals surface area contributed by atoms with Crippen LogP contribution >= 0.6 is 27.5 Å². The lowest BCUT2D eigenvalue weighted by Crippen LogP contribution is -2.27. The van der Waals surface area contributed by atoms with Crippen LogP contribution in [0.15, 0.2) is 59.2 Å². The summed E-state index contributed by atoms with van der Waals surface area (Å²) in [5.41, 5.74) is 4.87. The molecule has 0 aliphatic rings. The van der Waals surface area contributed by atoms with Crippen LogP contribution in [0.5, 0.6) is 0 Å². The topological polar surface area (TPSA) is 59.8 Å². The van der Waals surface area contributed by atoms with E-state index < -0.39 is 0 Å². The van der Waals surface area contributed by atoms with Crippen molar-refractivity contribution in [2.24, 2.45) is 0 Å². The van der Waals surface area contributed by atoms with Crippen molar-refractivity contribution in [1.82, 2.24) is 20.1 Å². The van der Waals surface area contributed by atoms with E-state index in [1.54, 1.807) is 0 Å². The molecule has 0 saturated carbocycles. The van der Waals surface area contributed by atoms with E-state index in [2.05, 4.69) is 26.3 Å². The number of aryl methyl sites for hydroxylation is 2. The molecule has 31 heavy (non-hydrogen) atoms. The van der Waals surface area contributed by atoms with Crippen LogP contribution in [0.1, 0.15) is 41.5 Å². The van der Waals surface area contributed by atoms with Gasteiger partial charge in [0.15, 0.2) is 0 Å². The number of rotatable bonds is 5. The average Bonchev–Trinajstić information content (AvgIpc) is 3.14. The molecule has 5 nitrogen and oxygen atoms in total. The van der Waals surface area contributed by atoms with E-state index in [9.17, 15) is 4.79 Å². The van der Waals surface area contributed by atoms with E-state index in [1.165, 1.54) is 0 Å². The molecule has 0 radical (unpaired) electrons. The number of pyridine rings is 1. The third-order valence-corrected chi connectivity index (χ3v) is 6.02. The number of carbonyl (C=O) groups is 1. The quantitative estimate of drug-likeness (QED) is 0.350. The number of hydrogen-bond acceptors (Lipinski definition) is 3. The van der Waals surface area contributed by atoms with Crippen molar-refractivity contribution < 1.29 is 4.79 Å². The number of halogens is 2. The number of benzene rings is 2. The van der Waals surface area contributed by atoms with E-state index >= 15 is 0 Å². The largest absolute Gasteiger partial charge is 0.345 e. The fraction of sp³-hybridized carbons (Fsp3) is 0.208. The van der Waals surface area contributed by atoms with Crippen LogP contribution < -0.4 is 5.32 Å². The second-order valence-electron chi connectivity index (χ2n) is 7.44. The molecule has 0 bridgehead atoms. The highest BCUT2D eigenvalue weighted by Crippen LogP contribution is 2.28. The second-order valence-corrected chi connectivity index (χ2v) is 8.80. The van der Waals surface area contributed by atoms with Crippen LogP contribution in [0.3, 0.4) is 0 Å². The smallest absolute Gasteiger partial charge is 0.252 e. The molecule has 158 valence electrons. The van der Waals surface area contributed by atoms with E-state index in [-0.39, 0.29) is 11.9 Å². The predicted octanol–water partition coefficient (Wildman–Crippen LogP) is 6.33. The lowest BCUT2D eigenvalue weighted by atomic mass is 10.0. The minimum atomic E-state index is -0.179.